The number of benzene rings is 1. The summed E-state index contributed by atoms with van der Waals surface area (Å²) >= 11 is 0. The third-order valence-electron chi connectivity index (χ3n) is 2.82. The van der Waals surface area contributed by atoms with Crippen LogP contribution in [0, 0.1) is 6.92 Å². The quantitative estimate of drug-likeness (QED) is 0.731. The zero-order valence-electron chi connectivity index (χ0n) is 8.45. The zero-order valence-corrected chi connectivity index (χ0v) is 8.45. The van der Waals surface area contributed by atoms with Crippen molar-refractivity contribution in [2.24, 2.45) is 0 Å². The number of rotatable bonds is 1. The predicted octanol–water partition coefficient (Wildman–Crippen LogP) is 1.09. The van der Waals surface area contributed by atoms with Crippen LogP contribution in [0.3, 0.4) is 0 Å². The van der Waals surface area contributed by atoms with Gasteiger partial charge < -0.3 is 14.8 Å². The summed E-state index contributed by atoms with van der Waals surface area (Å²) in [6.07, 6.45) is 0. The molecule has 0 radical (unpaired) electrons. The zero-order chi connectivity index (χ0) is 10.5. The molecule has 2 heterocycles. The Balaban J connectivity index is 2.13. The molecule has 1 aromatic carbocycles. The van der Waals surface area contributed by atoms with E-state index in [1.165, 1.54) is 0 Å². The van der Waals surface area contributed by atoms with Gasteiger partial charge in [-0.25, -0.2) is 4.98 Å². The molecule has 0 spiro atoms. The summed E-state index contributed by atoms with van der Waals surface area (Å²) in [6, 6.07) is 5.77. The first-order valence-electron chi connectivity index (χ1n) is 4.94. The predicted molar refractivity (Wildman–Crippen MR) is 55.5 cm³/mol. The second-order valence-corrected chi connectivity index (χ2v) is 4.08. The van der Waals surface area contributed by atoms with Gasteiger partial charge in [-0.15, -0.1) is 0 Å². The van der Waals surface area contributed by atoms with Gasteiger partial charge in [0.25, 0.3) is 0 Å². The molecule has 0 atom stereocenters. The van der Waals surface area contributed by atoms with Crippen molar-refractivity contribution in [2.75, 3.05) is 13.2 Å². The molecule has 15 heavy (non-hydrogen) atoms. The molecular weight excluding hydrogens is 192 g/mol. The summed E-state index contributed by atoms with van der Waals surface area (Å²) < 4.78 is 5.03. The molecule has 78 valence electrons. The number of fused-ring (bicyclic) bond motifs is 1. The van der Waals surface area contributed by atoms with Crippen LogP contribution >= 0.6 is 0 Å². The molecular formula is C11H12N2O2. The van der Waals surface area contributed by atoms with Gasteiger partial charge in [0.05, 0.1) is 24.2 Å². The molecule has 1 aliphatic rings. The standard InChI is InChI=1S/C11H12N2O2/c1-7-12-9-3-2-8(4-10(9)13-7)11(14)5-15-6-11/h2-4,14H,5-6H2,1H3,(H,12,13). The summed E-state index contributed by atoms with van der Waals surface area (Å²) in [5.41, 5.74) is 1.99. The lowest BCUT2D eigenvalue weighted by Crippen LogP contribution is -2.46. The van der Waals surface area contributed by atoms with E-state index in [4.69, 9.17) is 4.74 Å². The first kappa shape index (κ1) is 8.88. The van der Waals surface area contributed by atoms with E-state index in [9.17, 15) is 5.11 Å². The van der Waals surface area contributed by atoms with Gasteiger partial charge in [-0.3, -0.25) is 0 Å². The molecule has 0 saturated carbocycles. The monoisotopic (exact) mass is 204 g/mol. The lowest BCUT2D eigenvalue weighted by atomic mass is 9.92. The minimum Gasteiger partial charge on any atom is -0.380 e. The third-order valence-corrected chi connectivity index (χ3v) is 2.82. The molecule has 4 heteroatoms. The van der Waals surface area contributed by atoms with Gasteiger partial charge >= 0.3 is 0 Å². The number of H-pyrrole nitrogens is 1. The molecule has 2 N–H and O–H groups in total. The van der Waals surface area contributed by atoms with Crippen molar-refractivity contribution in [1.82, 2.24) is 9.97 Å². The van der Waals surface area contributed by atoms with Gasteiger partial charge in [0, 0.05) is 0 Å². The van der Waals surface area contributed by atoms with E-state index >= 15 is 0 Å². The van der Waals surface area contributed by atoms with Crippen molar-refractivity contribution in [3.05, 3.63) is 29.6 Å². The van der Waals surface area contributed by atoms with Crippen molar-refractivity contribution in [3.63, 3.8) is 0 Å². The second kappa shape index (κ2) is 2.81. The van der Waals surface area contributed by atoms with E-state index in [0.29, 0.717) is 13.2 Å². The van der Waals surface area contributed by atoms with Crippen LogP contribution in [0.1, 0.15) is 11.4 Å². The Kier molecular flexibility index (Phi) is 1.66. The van der Waals surface area contributed by atoms with Crippen LogP contribution in [0.5, 0.6) is 0 Å². The summed E-state index contributed by atoms with van der Waals surface area (Å²) in [6.45, 7) is 2.68. The molecule has 1 saturated heterocycles. The Morgan fingerprint density at radius 1 is 1.47 bits per heavy atom. The fourth-order valence-corrected chi connectivity index (χ4v) is 1.89. The van der Waals surface area contributed by atoms with Gasteiger partial charge in [-0.05, 0) is 24.6 Å². The molecule has 0 aliphatic carbocycles. The second-order valence-electron chi connectivity index (χ2n) is 4.08. The molecule has 1 fully saturated rings. The van der Waals surface area contributed by atoms with Crippen LogP contribution in [-0.4, -0.2) is 28.3 Å². The third kappa shape index (κ3) is 1.26. The molecule has 1 aliphatic heterocycles. The minimum absolute atomic E-state index is 0.381. The van der Waals surface area contributed by atoms with Gasteiger partial charge in [-0.2, -0.15) is 0 Å². The van der Waals surface area contributed by atoms with E-state index < -0.39 is 5.60 Å². The Labute approximate surface area is 86.9 Å². The maximum atomic E-state index is 10.1. The van der Waals surface area contributed by atoms with E-state index in [1.807, 2.05) is 25.1 Å². The molecule has 0 bridgehead atoms. The molecule has 0 amide bonds. The number of ether oxygens (including phenoxy) is 1. The fourth-order valence-electron chi connectivity index (χ4n) is 1.89. The van der Waals surface area contributed by atoms with Crippen molar-refractivity contribution in [1.29, 1.82) is 0 Å². The van der Waals surface area contributed by atoms with E-state index in [1.54, 1.807) is 0 Å². The van der Waals surface area contributed by atoms with Crippen LogP contribution < -0.4 is 0 Å². The smallest absolute Gasteiger partial charge is 0.136 e. The number of hydrogen-bond donors (Lipinski definition) is 2. The normalized spacial score (nSPS) is 19.1. The fraction of sp³-hybridized carbons (Fsp3) is 0.364. The lowest BCUT2D eigenvalue weighted by molar-refractivity contribution is -0.184. The van der Waals surface area contributed by atoms with Crippen LogP contribution in [0.25, 0.3) is 11.0 Å². The van der Waals surface area contributed by atoms with Crippen molar-refractivity contribution >= 4 is 11.0 Å². The van der Waals surface area contributed by atoms with Crippen LogP contribution in [0.2, 0.25) is 0 Å². The van der Waals surface area contributed by atoms with Crippen molar-refractivity contribution < 1.29 is 9.84 Å². The van der Waals surface area contributed by atoms with Crippen LogP contribution in [0.4, 0.5) is 0 Å². The number of imidazole rings is 1. The number of aromatic nitrogens is 2. The average Bonchev–Trinajstić information content (AvgIpc) is 2.53. The first-order chi connectivity index (χ1) is 7.17. The number of aliphatic hydroxyl groups is 1. The van der Waals surface area contributed by atoms with Gasteiger partial charge in [0.2, 0.25) is 0 Å². The molecule has 2 aromatic rings. The Hall–Kier alpha value is -1.39. The number of hydrogen-bond acceptors (Lipinski definition) is 3. The highest BCUT2D eigenvalue weighted by Crippen LogP contribution is 2.30. The van der Waals surface area contributed by atoms with Gasteiger partial charge in [0.1, 0.15) is 11.4 Å². The summed E-state index contributed by atoms with van der Waals surface area (Å²) in [5.74, 6) is 0.888. The maximum Gasteiger partial charge on any atom is 0.136 e. The lowest BCUT2D eigenvalue weighted by Gasteiger charge is -2.36. The Morgan fingerprint density at radius 3 is 2.93 bits per heavy atom. The largest absolute Gasteiger partial charge is 0.380 e. The number of nitrogens with zero attached hydrogens (tertiary/aromatic N) is 1. The van der Waals surface area contributed by atoms with Crippen LogP contribution in [0.15, 0.2) is 18.2 Å². The van der Waals surface area contributed by atoms with E-state index in [0.717, 1.165) is 22.4 Å². The van der Waals surface area contributed by atoms with E-state index in [2.05, 4.69) is 9.97 Å². The number of nitrogens with one attached hydrogen (secondary N) is 1. The highest BCUT2D eigenvalue weighted by atomic mass is 16.5. The molecule has 4 nitrogen and oxygen atoms in total. The molecule has 0 unspecified atom stereocenters. The SMILES string of the molecule is Cc1nc2ccc(C3(O)COC3)cc2[nH]1. The Morgan fingerprint density at radius 2 is 2.27 bits per heavy atom. The summed E-state index contributed by atoms with van der Waals surface area (Å²) in [5, 5.41) is 10.1. The highest BCUT2D eigenvalue weighted by Gasteiger charge is 2.38. The Bertz CT molecular complexity index is 514. The topological polar surface area (TPSA) is 58.1 Å². The first-order valence-corrected chi connectivity index (χ1v) is 4.94. The van der Waals surface area contributed by atoms with E-state index in [-0.39, 0.29) is 0 Å². The van der Waals surface area contributed by atoms with Crippen molar-refractivity contribution in [2.45, 2.75) is 12.5 Å². The number of aryl methyl sites for hydroxylation is 1. The summed E-state index contributed by atoms with van der Waals surface area (Å²) in [4.78, 5) is 7.47. The number of aromatic amines is 1. The van der Waals surface area contributed by atoms with Gasteiger partial charge in [-0.1, -0.05) is 6.07 Å². The molecule has 1 aromatic heterocycles. The maximum absolute atomic E-state index is 10.1. The van der Waals surface area contributed by atoms with Crippen molar-refractivity contribution in [3.8, 4) is 0 Å². The van der Waals surface area contributed by atoms with Crippen LogP contribution in [-0.2, 0) is 10.3 Å². The highest BCUT2D eigenvalue weighted by molar-refractivity contribution is 5.76. The molecule has 3 rings (SSSR count). The average molecular weight is 204 g/mol. The van der Waals surface area contributed by atoms with Gasteiger partial charge in [0.15, 0.2) is 0 Å². The summed E-state index contributed by atoms with van der Waals surface area (Å²) in [7, 11) is 0. The minimum atomic E-state index is -0.798.